The zero-order valence-electron chi connectivity index (χ0n) is 25.7. The van der Waals surface area contributed by atoms with E-state index < -0.39 is 73.4 Å². The van der Waals surface area contributed by atoms with Gasteiger partial charge in [-0.25, -0.2) is 0 Å². The molecule has 0 heterocycles. The molecule has 271 valence electrons. The molecule has 0 bridgehead atoms. The van der Waals surface area contributed by atoms with Crippen LogP contribution in [0.25, 0.3) is 0 Å². The summed E-state index contributed by atoms with van der Waals surface area (Å²) in [6.45, 7) is 0. The van der Waals surface area contributed by atoms with Crippen LogP contribution in [0.4, 0.5) is 0 Å². The monoisotopic (exact) mass is 1170 g/mol. The van der Waals surface area contributed by atoms with Crippen molar-refractivity contribution in [2.75, 3.05) is 0 Å². The SMILES string of the molecule is O=[Si]([O-])[O-].O=[Si]([O-])[O-].O=[Si]([O-])[O-].O=[Si]([O-])[O-].O=[Si]([O-])[O-].O=[Si]([O-])[O-].O=[Si]([O-])[O-].O=[Si]([O-])[O-].[Ca+2].[Ca+2].[Ca+2].[Fe+3].[Fe+3].[Fe+3].[Mg+2].[Mg+2].[Mg+2].[Na+].[Na+].[Na+].[OH-].[OH-].[OH-].[OH-].[OH-].[OH-].[OH-].[OH-]. The van der Waals surface area contributed by atoms with Crippen molar-refractivity contribution in [1.82, 2.24) is 0 Å². The Bertz CT molecular complexity index is 422. The summed E-state index contributed by atoms with van der Waals surface area (Å²) >= 11 is 0. The summed E-state index contributed by atoms with van der Waals surface area (Å²) in [6.07, 6.45) is 0. The molecule has 0 amide bonds. The van der Waals surface area contributed by atoms with E-state index >= 15 is 0 Å². The minimum atomic E-state index is -3.63. The molecule has 0 aliphatic heterocycles. The minimum Gasteiger partial charge on any atom is -0.870 e. The Labute approximate surface area is 540 Å². The molecule has 0 aromatic rings. The van der Waals surface area contributed by atoms with Gasteiger partial charge in [0.05, 0.1) is 0 Å². The molecule has 8 N–H and O–H groups in total. The number of rotatable bonds is 0. The molecule has 3 radical (unpaired) electrons. The Morgan fingerprint density at radius 2 is 0.212 bits per heavy atom. The summed E-state index contributed by atoms with van der Waals surface area (Å²) in [5.41, 5.74) is 0. The Kier molecular flexibility index (Phi) is 774. The number of hydrogen-bond acceptors (Lipinski definition) is 32. The van der Waals surface area contributed by atoms with Crippen LogP contribution in [0.15, 0.2) is 0 Å². The fourth-order valence-corrected chi connectivity index (χ4v) is 0. The van der Waals surface area contributed by atoms with Gasteiger partial charge in [0.15, 0.2) is 0 Å². The summed E-state index contributed by atoms with van der Waals surface area (Å²) < 4.78 is 68.1. The van der Waals surface area contributed by atoms with Gasteiger partial charge < -0.3 is 156 Å². The van der Waals surface area contributed by atoms with Gasteiger partial charge in [0.25, 0.3) is 0 Å². The Balaban J connectivity index is -0.00000000462. The molecule has 0 aromatic carbocycles. The van der Waals surface area contributed by atoms with E-state index in [2.05, 4.69) is 0 Å². The summed E-state index contributed by atoms with van der Waals surface area (Å²) in [4.78, 5) is 136. The molecule has 0 unspecified atom stereocenters. The summed E-state index contributed by atoms with van der Waals surface area (Å²) in [7, 11) is -29.0. The predicted octanol–water partition coefficient (Wildman–Crippen LogP) is -35.7. The average molecular weight is 1170 g/mol. The van der Waals surface area contributed by atoms with Gasteiger partial charge in [0.1, 0.15) is 0 Å². The van der Waals surface area contributed by atoms with E-state index in [0.717, 1.165) is 0 Å². The van der Waals surface area contributed by atoms with Gasteiger partial charge in [-0.2, -0.15) is 0 Å². The second-order valence-electron chi connectivity index (χ2n) is 2.00. The third-order valence-electron chi connectivity index (χ3n) is 0. The van der Waals surface area contributed by atoms with Crippen molar-refractivity contribution in [2.45, 2.75) is 0 Å². The van der Waals surface area contributed by atoms with Gasteiger partial charge in [-0.1, -0.05) is 0 Å². The van der Waals surface area contributed by atoms with E-state index in [4.69, 9.17) is 112 Å². The maximum absolute atomic E-state index is 8.52. The first-order valence-electron chi connectivity index (χ1n) is 4.90. The van der Waals surface area contributed by atoms with Crippen molar-refractivity contribution in [1.29, 1.82) is 0 Å². The van der Waals surface area contributed by atoms with E-state index in [0.29, 0.717) is 0 Å². The van der Waals surface area contributed by atoms with Crippen molar-refractivity contribution >= 4 is 256 Å². The van der Waals surface area contributed by atoms with Crippen molar-refractivity contribution in [3.63, 3.8) is 0 Å². The van der Waals surface area contributed by atoms with Gasteiger partial charge in [0.2, 0.25) is 0 Å². The van der Waals surface area contributed by atoms with Crippen LogP contribution in [-0.2, 0) is 86.9 Å². The van der Waals surface area contributed by atoms with Crippen LogP contribution in [0.1, 0.15) is 0 Å². The largest absolute Gasteiger partial charge is 3.00 e. The van der Waals surface area contributed by atoms with Crippen LogP contribution in [0, 0.1) is 0 Å². The summed E-state index contributed by atoms with van der Waals surface area (Å²) in [6, 6.07) is 0. The van der Waals surface area contributed by atoms with Crippen LogP contribution in [0.2, 0.25) is 0 Å². The fourth-order valence-electron chi connectivity index (χ4n) is 0. The first kappa shape index (κ1) is 206. The topological polar surface area (TPSA) is 746 Å². The van der Waals surface area contributed by atoms with Crippen LogP contribution in [0.3, 0.4) is 0 Å². The van der Waals surface area contributed by atoms with Crippen molar-refractivity contribution in [2.24, 2.45) is 0 Å². The molecule has 52 heavy (non-hydrogen) atoms. The molecule has 0 aromatic heterocycles. The third-order valence-corrected chi connectivity index (χ3v) is 0. The summed E-state index contributed by atoms with van der Waals surface area (Å²) in [5.74, 6) is 0. The molecule has 0 atom stereocenters. The van der Waals surface area contributed by atoms with Crippen molar-refractivity contribution in [3.8, 4) is 0 Å². The predicted molar refractivity (Wildman–Crippen MR) is 102 cm³/mol. The maximum Gasteiger partial charge on any atom is 3.00 e. The molecular formula is H8Ca3Fe3Mg3Na3O32Si8. The quantitative estimate of drug-likeness (QED) is 0.203. The normalized spacial score (nSPS) is 3.69. The standard InChI is InChI=1S/3Ca.3Fe.3Mg.3Na.8O3Si.8H2O/c;;;;;;;;;;;;8*1-4(2)3;;;;;;;;/h;;;;;;;;;;;;;;;;;;;;8*1H2/q3*+2;3*+3;3*+2;3*+1;8*-2;;;;;;;;/p-8. The van der Waals surface area contributed by atoms with E-state index in [9.17, 15) is 0 Å². The molecule has 52 heteroatoms. The van der Waals surface area contributed by atoms with Crippen LogP contribution in [0.5, 0.6) is 0 Å². The van der Waals surface area contributed by atoms with Gasteiger partial charge in [-0.05, 0) is 0 Å². The minimum absolute atomic E-state index is 0. The zero-order chi connectivity index (χ0) is 28.6. The van der Waals surface area contributed by atoms with Gasteiger partial charge in [-0.3, -0.25) is 0 Å². The molecule has 0 spiro atoms. The molecule has 0 saturated heterocycles. The molecule has 0 fully saturated rings. The Morgan fingerprint density at radius 1 is 0.212 bits per heavy atom. The fraction of sp³-hybridized carbons (Fsp3) is 0. The molecule has 0 aliphatic rings. The van der Waals surface area contributed by atoms with E-state index in [-0.39, 0.29) is 366 Å². The van der Waals surface area contributed by atoms with Crippen molar-refractivity contribution in [3.05, 3.63) is 0 Å². The Hall–Kier alpha value is 7.25. The molecular weight excluding hydrogens is 1170 g/mol. The van der Waals surface area contributed by atoms with Crippen LogP contribution < -0.4 is 165 Å². The average Bonchev–Trinajstić information content (AvgIpc) is 2.30. The van der Waals surface area contributed by atoms with Crippen LogP contribution in [-0.4, -0.2) is 300 Å². The summed E-state index contributed by atoms with van der Waals surface area (Å²) in [5, 5.41) is 0. The Morgan fingerprint density at radius 3 is 0.212 bits per heavy atom. The third kappa shape index (κ3) is 3450. The smallest absolute Gasteiger partial charge is 0.870 e. The van der Waals surface area contributed by atoms with Gasteiger partial charge in [0, 0.05) is 73.4 Å². The molecule has 0 aliphatic carbocycles. The first-order valence-corrected chi connectivity index (χ1v) is 14.7. The maximum atomic E-state index is 8.52. The van der Waals surface area contributed by atoms with Gasteiger partial charge in [-0.15, -0.1) is 0 Å². The van der Waals surface area contributed by atoms with Crippen molar-refractivity contribution < 1.29 is 296 Å². The first-order chi connectivity index (χ1) is 13.9. The molecule has 32 nitrogen and oxygen atoms in total. The molecule has 0 rings (SSSR count). The number of hydrogen-bond donors (Lipinski definition) is 0. The van der Waals surface area contributed by atoms with E-state index in [1.54, 1.807) is 0 Å². The second kappa shape index (κ2) is 195. The second-order valence-corrected chi connectivity index (χ2v) is 6.00. The van der Waals surface area contributed by atoms with E-state index in [1.165, 1.54) is 0 Å². The van der Waals surface area contributed by atoms with Crippen LogP contribution >= 0.6 is 0 Å². The van der Waals surface area contributed by atoms with Gasteiger partial charge >= 0.3 is 322 Å². The zero-order valence-corrected chi connectivity index (χ0v) is 53.9. The van der Waals surface area contributed by atoms with E-state index in [1.807, 2.05) is 0 Å². The molecule has 0 saturated carbocycles.